The van der Waals surface area contributed by atoms with Crippen molar-refractivity contribution in [3.05, 3.63) is 58.1 Å². The van der Waals surface area contributed by atoms with E-state index in [1.165, 1.54) is 22.4 Å². The van der Waals surface area contributed by atoms with Gasteiger partial charge in [-0.25, -0.2) is 0 Å². The summed E-state index contributed by atoms with van der Waals surface area (Å²) in [4.78, 5) is 4.62. The highest BCUT2D eigenvalue weighted by molar-refractivity contribution is 7.80. The van der Waals surface area contributed by atoms with Crippen molar-refractivity contribution in [2.45, 2.75) is 20.8 Å². The second kappa shape index (κ2) is 7.63. The van der Waals surface area contributed by atoms with Gasteiger partial charge in [-0.05, 0) is 73.9 Å². The van der Waals surface area contributed by atoms with Gasteiger partial charge in [0, 0.05) is 42.6 Å². The lowest BCUT2D eigenvalue weighted by Crippen LogP contribution is -2.50. The number of aryl methyl sites for hydroxylation is 3. The predicted molar refractivity (Wildman–Crippen MR) is 112 cm³/mol. The van der Waals surface area contributed by atoms with E-state index in [4.69, 9.17) is 23.8 Å². The molecular formula is C20H24ClN3S. The van der Waals surface area contributed by atoms with Crippen molar-refractivity contribution in [3.63, 3.8) is 0 Å². The van der Waals surface area contributed by atoms with Crippen LogP contribution in [-0.2, 0) is 0 Å². The minimum Gasteiger partial charge on any atom is -0.368 e. The summed E-state index contributed by atoms with van der Waals surface area (Å²) in [5.41, 5.74) is 6.10. The number of nitrogens with zero attached hydrogens (tertiary/aromatic N) is 2. The summed E-state index contributed by atoms with van der Waals surface area (Å²) in [6, 6.07) is 12.4. The van der Waals surface area contributed by atoms with Crippen LogP contribution in [-0.4, -0.2) is 36.2 Å². The Morgan fingerprint density at radius 2 is 1.60 bits per heavy atom. The summed E-state index contributed by atoms with van der Waals surface area (Å²) in [5, 5.41) is 4.96. The normalized spacial score (nSPS) is 14.6. The van der Waals surface area contributed by atoms with Gasteiger partial charge < -0.3 is 15.1 Å². The highest BCUT2D eigenvalue weighted by atomic mass is 35.5. The molecule has 0 unspecified atom stereocenters. The third-order valence-electron chi connectivity index (χ3n) is 4.84. The van der Waals surface area contributed by atoms with Gasteiger partial charge in [0.25, 0.3) is 0 Å². The Kier molecular flexibility index (Phi) is 5.50. The van der Waals surface area contributed by atoms with Gasteiger partial charge in [-0.2, -0.15) is 0 Å². The lowest BCUT2D eigenvalue weighted by molar-refractivity contribution is 0.390. The van der Waals surface area contributed by atoms with Crippen molar-refractivity contribution in [2.75, 3.05) is 36.4 Å². The molecule has 1 fully saturated rings. The van der Waals surface area contributed by atoms with Gasteiger partial charge in [0.2, 0.25) is 0 Å². The van der Waals surface area contributed by atoms with Crippen LogP contribution in [0.1, 0.15) is 16.7 Å². The largest absolute Gasteiger partial charge is 0.368 e. The molecule has 0 saturated carbocycles. The number of hydrogen-bond donors (Lipinski definition) is 1. The molecule has 25 heavy (non-hydrogen) atoms. The molecule has 132 valence electrons. The zero-order chi connectivity index (χ0) is 18.0. The molecule has 1 aliphatic rings. The molecule has 1 heterocycles. The molecular weight excluding hydrogens is 350 g/mol. The van der Waals surface area contributed by atoms with Gasteiger partial charge in [-0.15, -0.1) is 0 Å². The standard InChI is InChI=1S/C20H24ClN3S/c1-14-5-7-18(12-16(14)3)22-20(25)24-10-8-23(9-11-24)19-13-17(21)6-4-15(19)2/h4-7,12-13H,8-11H2,1-3H3,(H,22,25). The minimum atomic E-state index is 0.787. The van der Waals surface area contributed by atoms with E-state index in [9.17, 15) is 0 Å². The van der Waals surface area contributed by atoms with Gasteiger partial charge in [0.05, 0.1) is 0 Å². The van der Waals surface area contributed by atoms with Crippen molar-refractivity contribution in [3.8, 4) is 0 Å². The number of anilines is 2. The Bertz CT molecular complexity index is 783. The van der Waals surface area contributed by atoms with Gasteiger partial charge in [0.1, 0.15) is 0 Å². The number of halogens is 1. The molecule has 3 nitrogen and oxygen atoms in total. The molecule has 1 saturated heterocycles. The molecule has 0 radical (unpaired) electrons. The lowest BCUT2D eigenvalue weighted by atomic mass is 10.1. The molecule has 1 N–H and O–H groups in total. The van der Waals surface area contributed by atoms with Crippen molar-refractivity contribution in [2.24, 2.45) is 0 Å². The summed E-state index contributed by atoms with van der Waals surface area (Å²) >= 11 is 11.8. The molecule has 0 aromatic heterocycles. The molecule has 0 bridgehead atoms. The predicted octanol–water partition coefficient (Wildman–Crippen LogP) is 4.78. The summed E-state index contributed by atoms with van der Waals surface area (Å²) in [7, 11) is 0. The van der Waals surface area contributed by atoms with Gasteiger partial charge in [0.15, 0.2) is 5.11 Å². The van der Waals surface area contributed by atoms with Crippen LogP contribution >= 0.6 is 23.8 Å². The SMILES string of the molecule is Cc1ccc(NC(=S)N2CCN(c3cc(Cl)ccc3C)CC2)cc1C. The Balaban J connectivity index is 1.60. The van der Waals surface area contributed by atoms with E-state index in [-0.39, 0.29) is 0 Å². The van der Waals surface area contributed by atoms with Crippen LogP contribution in [0.25, 0.3) is 0 Å². The van der Waals surface area contributed by atoms with Crippen LogP contribution in [0.5, 0.6) is 0 Å². The molecule has 0 spiro atoms. The second-order valence-corrected chi connectivity index (χ2v) is 7.46. The van der Waals surface area contributed by atoms with E-state index in [0.29, 0.717) is 0 Å². The maximum Gasteiger partial charge on any atom is 0.173 e. The lowest BCUT2D eigenvalue weighted by Gasteiger charge is -2.38. The van der Waals surface area contributed by atoms with Crippen LogP contribution in [0, 0.1) is 20.8 Å². The number of rotatable bonds is 2. The summed E-state index contributed by atoms with van der Waals surface area (Å²) < 4.78 is 0. The van der Waals surface area contributed by atoms with E-state index >= 15 is 0 Å². The molecule has 0 amide bonds. The van der Waals surface area contributed by atoms with E-state index in [1.807, 2.05) is 6.07 Å². The maximum absolute atomic E-state index is 6.16. The van der Waals surface area contributed by atoms with Crippen molar-refractivity contribution in [1.82, 2.24) is 4.90 Å². The van der Waals surface area contributed by atoms with Gasteiger partial charge >= 0.3 is 0 Å². The number of benzene rings is 2. The number of thiocarbonyl (C=S) groups is 1. The zero-order valence-corrected chi connectivity index (χ0v) is 16.5. The van der Waals surface area contributed by atoms with Crippen LogP contribution in [0.3, 0.4) is 0 Å². The molecule has 1 aliphatic heterocycles. The maximum atomic E-state index is 6.16. The average Bonchev–Trinajstić information content (AvgIpc) is 2.60. The molecule has 2 aromatic carbocycles. The quantitative estimate of drug-likeness (QED) is 0.763. The van der Waals surface area contributed by atoms with Crippen LogP contribution in [0.15, 0.2) is 36.4 Å². The Hall–Kier alpha value is -1.78. The average molecular weight is 374 g/mol. The van der Waals surface area contributed by atoms with Crippen molar-refractivity contribution < 1.29 is 0 Å². The topological polar surface area (TPSA) is 18.5 Å². The first-order valence-electron chi connectivity index (χ1n) is 8.58. The Labute approximate surface area is 160 Å². The first-order chi connectivity index (χ1) is 11.9. The minimum absolute atomic E-state index is 0.787. The van der Waals surface area contributed by atoms with Crippen LogP contribution in [0.4, 0.5) is 11.4 Å². The van der Waals surface area contributed by atoms with Gasteiger partial charge in [-0.1, -0.05) is 23.7 Å². The smallest absolute Gasteiger partial charge is 0.173 e. The monoisotopic (exact) mass is 373 g/mol. The third-order valence-corrected chi connectivity index (χ3v) is 5.43. The first-order valence-corrected chi connectivity index (χ1v) is 9.37. The van der Waals surface area contributed by atoms with E-state index in [0.717, 1.165) is 42.0 Å². The molecule has 0 aliphatic carbocycles. The van der Waals surface area contributed by atoms with Crippen LogP contribution < -0.4 is 10.2 Å². The highest BCUT2D eigenvalue weighted by Gasteiger charge is 2.20. The Morgan fingerprint density at radius 3 is 2.28 bits per heavy atom. The molecule has 5 heteroatoms. The summed E-state index contributed by atoms with van der Waals surface area (Å²) in [6.45, 7) is 10.1. The van der Waals surface area contributed by atoms with Crippen molar-refractivity contribution in [1.29, 1.82) is 0 Å². The first kappa shape index (κ1) is 18.0. The second-order valence-electron chi connectivity index (χ2n) is 6.63. The molecule has 3 rings (SSSR count). The summed E-state index contributed by atoms with van der Waals surface area (Å²) in [6.07, 6.45) is 0. The third kappa shape index (κ3) is 4.25. The highest BCUT2D eigenvalue weighted by Crippen LogP contribution is 2.25. The van der Waals surface area contributed by atoms with Crippen LogP contribution in [0.2, 0.25) is 5.02 Å². The number of hydrogen-bond acceptors (Lipinski definition) is 2. The number of piperazine rings is 1. The fraction of sp³-hybridized carbons (Fsp3) is 0.350. The summed E-state index contributed by atoms with van der Waals surface area (Å²) in [5.74, 6) is 0. The fourth-order valence-corrected chi connectivity index (χ4v) is 3.56. The van der Waals surface area contributed by atoms with Gasteiger partial charge in [-0.3, -0.25) is 0 Å². The molecule has 2 aromatic rings. The number of nitrogens with one attached hydrogen (secondary N) is 1. The zero-order valence-electron chi connectivity index (χ0n) is 15.0. The fourth-order valence-electron chi connectivity index (χ4n) is 3.10. The van der Waals surface area contributed by atoms with E-state index < -0.39 is 0 Å². The molecule has 0 atom stereocenters. The van der Waals surface area contributed by atoms with Crippen molar-refractivity contribution >= 4 is 40.3 Å². The van der Waals surface area contributed by atoms with E-state index in [2.05, 4.69) is 66.2 Å². The van der Waals surface area contributed by atoms with E-state index in [1.54, 1.807) is 0 Å². The Morgan fingerprint density at radius 1 is 0.920 bits per heavy atom.